The number of rotatable bonds is 2. The summed E-state index contributed by atoms with van der Waals surface area (Å²) in [5.74, 6) is -1.19. The van der Waals surface area contributed by atoms with Crippen LogP contribution in [-0.4, -0.2) is 12.2 Å². The molecule has 0 spiro atoms. The average Bonchev–Trinajstić information content (AvgIpc) is 2.32. The van der Waals surface area contributed by atoms with E-state index in [4.69, 9.17) is 11.6 Å². The van der Waals surface area contributed by atoms with Gasteiger partial charge in [0, 0.05) is 21.2 Å². The third-order valence-electron chi connectivity index (χ3n) is 3.43. The van der Waals surface area contributed by atoms with E-state index in [1.165, 1.54) is 0 Å². The molecule has 1 aromatic rings. The molecule has 0 amide bonds. The zero-order valence-corrected chi connectivity index (χ0v) is 12.4. The van der Waals surface area contributed by atoms with Crippen molar-refractivity contribution < 1.29 is 13.2 Å². The molecule has 1 saturated carbocycles. The minimum Gasteiger partial charge on any atom is -0.381 e. The first-order valence-electron chi connectivity index (χ1n) is 6.14. The highest BCUT2D eigenvalue weighted by Crippen LogP contribution is 2.39. The third kappa shape index (κ3) is 4.02. The van der Waals surface area contributed by atoms with E-state index in [1.54, 1.807) is 18.2 Å². The van der Waals surface area contributed by atoms with Gasteiger partial charge >= 0.3 is 6.18 Å². The van der Waals surface area contributed by atoms with Crippen LogP contribution in [0.15, 0.2) is 22.7 Å². The van der Waals surface area contributed by atoms with Gasteiger partial charge in [-0.1, -0.05) is 18.0 Å². The summed E-state index contributed by atoms with van der Waals surface area (Å²) in [4.78, 5) is 0. The maximum atomic E-state index is 12.7. The van der Waals surface area contributed by atoms with Gasteiger partial charge in [-0.05, 0) is 53.4 Å². The second-order valence-electron chi connectivity index (χ2n) is 4.87. The van der Waals surface area contributed by atoms with Crippen molar-refractivity contribution >= 4 is 33.2 Å². The Morgan fingerprint density at radius 1 is 1.26 bits per heavy atom. The highest BCUT2D eigenvalue weighted by atomic mass is 79.9. The lowest BCUT2D eigenvalue weighted by Gasteiger charge is -2.31. The Balaban J connectivity index is 2.03. The maximum absolute atomic E-state index is 12.7. The first kappa shape index (κ1) is 15.0. The van der Waals surface area contributed by atoms with Gasteiger partial charge in [-0.2, -0.15) is 13.2 Å². The molecule has 0 bridgehead atoms. The molecule has 0 radical (unpaired) electrons. The fourth-order valence-electron chi connectivity index (χ4n) is 2.44. The van der Waals surface area contributed by atoms with Crippen LogP contribution in [0.3, 0.4) is 0 Å². The van der Waals surface area contributed by atoms with Crippen LogP contribution in [0.4, 0.5) is 18.9 Å². The van der Waals surface area contributed by atoms with E-state index in [0.29, 0.717) is 11.4 Å². The first-order chi connectivity index (χ1) is 8.86. The zero-order valence-electron chi connectivity index (χ0n) is 10.1. The molecule has 1 nitrogen and oxygen atoms in total. The van der Waals surface area contributed by atoms with E-state index in [2.05, 4.69) is 21.2 Å². The number of hydrogen-bond donors (Lipinski definition) is 1. The monoisotopic (exact) mass is 355 g/mol. The molecule has 106 valence electrons. The van der Waals surface area contributed by atoms with Crippen molar-refractivity contribution in [3.63, 3.8) is 0 Å². The molecule has 2 unspecified atom stereocenters. The van der Waals surface area contributed by atoms with Crippen LogP contribution in [0.1, 0.15) is 25.7 Å². The van der Waals surface area contributed by atoms with Crippen LogP contribution in [-0.2, 0) is 0 Å². The van der Waals surface area contributed by atoms with E-state index in [1.807, 2.05) is 0 Å². The molecular weight excluding hydrogens is 343 g/mol. The van der Waals surface area contributed by atoms with Gasteiger partial charge in [-0.25, -0.2) is 0 Å². The topological polar surface area (TPSA) is 12.0 Å². The molecule has 1 N–H and O–H groups in total. The van der Waals surface area contributed by atoms with E-state index in [-0.39, 0.29) is 18.9 Å². The number of halogens is 5. The molecule has 0 saturated heterocycles. The zero-order chi connectivity index (χ0) is 14.0. The van der Waals surface area contributed by atoms with E-state index in [0.717, 1.165) is 16.6 Å². The smallest absolute Gasteiger partial charge is 0.381 e. The van der Waals surface area contributed by atoms with Crippen molar-refractivity contribution in [3.05, 3.63) is 27.7 Å². The highest BCUT2D eigenvalue weighted by Gasteiger charge is 2.42. The lowest BCUT2D eigenvalue weighted by atomic mass is 9.85. The molecule has 0 heterocycles. The van der Waals surface area contributed by atoms with Crippen LogP contribution in [0, 0.1) is 5.92 Å². The first-order valence-corrected chi connectivity index (χ1v) is 7.31. The quantitative estimate of drug-likeness (QED) is 0.723. The predicted octanol–water partition coefficient (Wildman–Crippen LogP) is 5.64. The van der Waals surface area contributed by atoms with Crippen molar-refractivity contribution in [2.45, 2.75) is 37.9 Å². The second-order valence-corrected chi connectivity index (χ2v) is 6.16. The number of hydrogen-bond acceptors (Lipinski definition) is 1. The van der Waals surface area contributed by atoms with Gasteiger partial charge in [0.2, 0.25) is 0 Å². The lowest BCUT2D eigenvalue weighted by Crippen LogP contribution is -2.34. The molecule has 6 heteroatoms. The van der Waals surface area contributed by atoms with Crippen molar-refractivity contribution in [1.82, 2.24) is 0 Å². The Kier molecular flexibility index (Phi) is 4.66. The molecule has 2 atom stereocenters. The highest BCUT2D eigenvalue weighted by molar-refractivity contribution is 9.10. The summed E-state index contributed by atoms with van der Waals surface area (Å²) in [6.07, 6.45) is -2.34. The largest absolute Gasteiger partial charge is 0.391 e. The molecule has 0 aliphatic heterocycles. The van der Waals surface area contributed by atoms with Crippen LogP contribution < -0.4 is 5.32 Å². The fourth-order valence-corrected chi connectivity index (χ4v) is 3.24. The fraction of sp³-hybridized carbons (Fsp3) is 0.538. The standard InChI is InChI=1S/C13H14BrClF3N/c14-11-7-9(15)4-5-12(11)19-10-3-1-2-8(6-10)13(16,17)18/h4-5,7-8,10,19H,1-3,6H2. The summed E-state index contributed by atoms with van der Waals surface area (Å²) >= 11 is 9.20. The molecule has 1 aromatic carbocycles. The van der Waals surface area contributed by atoms with Crippen molar-refractivity contribution in [2.75, 3.05) is 5.32 Å². The van der Waals surface area contributed by atoms with Gasteiger partial charge in [0.15, 0.2) is 0 Å². The van der Waals surface area contributed by atoms with Crippen molar-refractivity contribution in [3.8, 4) is 0 Å². The Morgan fingerprint density at radius 3 is 2.63 bits per heavy atom. The number of alkyl halides is 3. The summed E-state index contributed by atoms with van der Waals surface area (Å²) in [6.45, 7) is 0. The van der Waals surface area contributed by atoms with E-state index >= 15 is 0 Å². The molecule has 1 aliphatic rings. The summed E-state index contributed by atoms with van der Waals surface area (Å²) in [5, 5.41) is 3.76. The van der Waals surface area contributed by atoms with E-state index < -0.39 is 12.1 Å². The Hall–Kier alpha value is -0.420. The van der Waals surface area contributed by atoms with E-state index in [9.17, 15) is 13.2 Å². The summed E-state index contributed by atoms with van der Waals surface area (Å²) in [7, 11) is 0. The Morgan fingerprint density at radius 2 is 2.00 bits per heavy atom. The van der Waals surface area contributed by atoms with Gasteiger partial charge < -0.3 is 5.32 Å². The SMILES string of the molecule is FC(F)(F)C1CCCC(Nc2ccc(Cl)cc2Br)C1. The Bertz CT molecular complexity index is 450. The summed E-state index contributed by atoms with van der Waals surface area (Å²) in [5.41, 5.74) is 0.789. The number of nitrogens with one attached hydrogen (secondary N) is 1. The van der Waals surface area contributed by atoms with Gasteiger partial charge in [-0.15, -0.1) is 0 Å². The Labute approximate surface area is 123 Å². The van der Waals surface area contributed by atoms with Crippen molar-refractivity contribution in [2.24, 2.45) is 5.92 Å². The van der Waals surface area contributed by atoms with Gasteiger partial charge in [0.25, 0.3) is 0 Å². The number of benzene rings is 1. The second kappa shape index (κ2) is 5.92. The van der Waals surface area contributed by atoms with Gasteiger partial charge in [-0.3, -0.25) is 0 Å². The van der Waals surface area contributed by atoms with Gasteiger partial charge in [0.1, 0.15) is 0 Å². The molecular formula is C13H14BrClF3N. The van der Waals surface area contributed by atoms with Crippen molar-refractivity contribution in [1.29, 1.82) is 0 Å². The van der Waals surface area contributed by atoms with Crippen LogP contribution in [0.2, 0.25) is 5.02 Å². The summed E-state index contributed by atoms with van der Waals surface area (Å²) in [6, 6.07) is 5.09. The normalized spacial score (nSPS) is 24.3. The third-order valence-corrected chi connectivity index (χ3v) is 4.32. The van der Waals surface area contributed by atoms with Crippen LogP contribution in [0.25, 0.3) is 0 Å². The maximum Gasteiger partial charge on any atom is 0.391 e. The molecule has 1 aliphatic carbocycles. The minimum absolute atomic E-state index is 0.137. The molecule has 19 heavy (non-hydrogen) atoms. The van der Waals surface area contributed by atoms with Gasteiger partial charge in [0.05, 0.1) is 5.92 Å². The molecule has 0 aromatic heterocycles. The molecule has 1 fully saturated rings. The van der Waals surface area contributed by atoms with Crippen LogP contribution >= 0.6 is 27.5 Å². The number of anilines is 1. The summed E-state index contributed by atoms with van der Waals surface area (Å²) < 4.78 is 39.0. The average molecular weight is 357 g/mol. The molecule has 2 rings (SSSR count). The minimum atomic E-state index is -4.09. The van der Waals surface area contributed by atoms with Crippen LogP contribution in [0.5, 0.6) is 0 Å². The predicted molar refractivity (Wildman–Crippen MR) is 74.6 cm³/mol. The lowest BCUT2D eigenvalue weighted by molar-refractivity contribution is -0.182.